The lowest BCUT2D eigenvalue weighted by molar-refractivity contribution is -0.222. The van der Waals surface area contributed by atoms with Crippen LogP contribution in [0.15, 0.2) is 30.3 Å². The summed E-state index contributed by atoms with van der Waals surface area (Å²) in [6, 6.07) is 9.26. The van der Waals surface area contributed by atoms with Gasteiger partial charge in [0.2, 0.25) is 0 Å². The fourth-order valence-electron chi connectivity index (χ4n) is 1.05. The van der Waals surface area contributed by atoms with E-state index in [0.717, 1.165) is 5.56 Å². The molecule has 0 heterocycles. The van der Waals surface area contributed by atoms with Crippen LogP contribution in [0.2, 0.25) is 0 Å². The van der Waals surface area contributed by atoms with Crippen LogP contribution in [0.4, 0.5) is 0 Å². The number of aliphatic hydroxyl groups is 1. The lowest BCUT2D eigenvalue weighted by Gasteiger charge is -2.20. The van der Waals surface area contributed by atoms with E-state index in [-0.39, 0.29) is 6.61 Å². The van der Waals surface area contributed by atoms with Crippen LogP contribution in [0.1, 0.15) is 12.5 Å². The quantitative estimate of drug-likeness (QED) is 0.597. The molecule has 15 heavy (non-hydrogen) atoms. The molecule has 0 unspecified atom stereocenters. The molecule has 0 amide bonds. The highest BCUT2D eigenvalue weighted by Gasteiger charge is 2.32. The van der Waals surface area contributed by atoms with E-state index in [4.69, 9.17) is 4.74 Å². The number of methoxy groups -OCH3 is 1. The molecule has 0 aliphatic heterocycles. The summed E-state index contributed by atoms with van der Waals surface area (Å²) in [6.45, 7) is 1.41. The Morgan fingerprint density at radius 1 is 1.40 bits per heavy atom. The molecule has 1 aromatic rings. The third kappa shape index (κ3) is 3.34. The predicted octanol–water partition coefficient (Wildman–Crippen LogP) is 1.08. The van der Waals surface area contributed by atoms with Gasteiger partial charge in [-0.15, -0.1) is 0 Å². The van der Waals surface area contributed by atoms with Crippen LogP contribution in [0.25, 0.3) is 0 Å². The summed E-state index contributed by atoms with van der Waals surface area (Å²) < 4.78 is 9.44. The zero-order chi connectivity index (χ0) is 11.3. The number of benzene rings is 1. The van der Waals surface area contributed by atoms with Crippen LogP contribution in [-0.4, -0.2) is 24.0 Å². The lowest BCUT2D eigenvalue weighted by Crippen LogP contribution is -2.38. The minimum Gasteiger partial charge on any atom is -0.465 e. The number of hydrogen-bond acceptors (Lipinski definition) is 4. The van der Waals surface area contributed by atoms with E-state index in [1.54, 1.807) is 0 Å². The van der Waals surface area contributed by atoms with Gasteiger partial charge in [0.1, 0.15) is 0 Å². The first-order valence-corrected chi connectivity index (χ1v) is 4.55. The van der Waals surface area contributed by atoms with Gasteiger partial charge in [-0.25, -0.2) is 4.79 Å². The molecule has 0 radical (unpaired) electrons. The Bertz CT molecular complexity index is 319. The highest BCUT2D eigenvalue weighted by molar-refractivity contribution is 5.76. The number of carbonyl (C=O) groups excluding carboxylic acids is 1. The minimum absolute atomic E-state index is 0.156. The van der Waals surface area contributed by atoms with Crippen LogP contribution < -0.4 is 0 Å². The SMILES string of the molecule is COC(=O)[C@@](C)(O)OCc1ccccc1. The molecule has 4 nitrogen and oxygen atoms in total. The molecule has 0 saturated carbocycles. The number of hydrogen-bond donors (Lipinski definition) is 1. The van der Waals surface area contributed by atoms with E-state index >= 15 is 0 Å². The van der Waals surface area contributed by atoms with E-state index in [9.17, 15) is 9.90 Å². The van der Waals surface area contributed by atoms with Crippen molar-refractivity contribution in [2.24, 2.45) is 0 Å². The van der Waals surface area contributed by atoms with Crippen molar-refractivity contribution in [1.29, 1.82) is 0 Å². The number of ether oxygens (including phenoxy) is 2. The van der Waals surface area contributed by atoms with Crippen molar-refractivity contribution in [3.63, 3.8) is 0 Å². The van der Waals surface area contributed by atoms with E-state index < -0.39 is 11.8 Å². The molecule has 0 saturated heterocycles. The van der Waals surface area contributed by atoms with Gasteiger partial charge in [-0.1, -0.05) is 30.3 Å². The fraction of sp³-hybridized carbons (Fsp3) is 0.364. The second-order valence-corrected chi connectivity index (χ2v) is 3.25. The van der Waals surface area contributed by atoms with Crippen molar-refractivity contribution >= 4 is 5.97 Å². The van der Waals surface area contributed by atoms with E-state index in [2.05, 4.69) is 4.74 Å². The van der Waals surface area contributed by atoms with Gasteiger partial charge in [-0.05, 0) is 5.56 Å². The van der Waals surface area contributed by atoms with Crippen molar-refractivity contribution in [3.8, 4) is 0 Å². The highest BCUT2D eigenvalue weighted by Crippen LogP contribution is 2.11. The van der Waals surface area contributed by atoms with Crippen LogP contribution in [0.3, 0.4) is 0 Å². The Balaban J connectivity index is 2.53. The number of esters is 1. The monoisotopic (exact) mass is 210 g/mol. The number of rotatable bonds is 4. The topological polar surface area (TPSA) is 55.8 Å². The second kappa shape index (κ2) is 4.91. The third-order valence-electron chi connectivity index (χ3n) is 1.93. The van der Waals surface area contributed by atoms with Crippen molar-refractivity contribution in [3.05, 3.63) is 35.9 Å². The molecule has 82 valence electrons. The summed E-state index contributed by atoms with van der Waals surface area (Å²) in [7, 11) is 1.20. The minimum atomic E-state index is -1.90. The molecule has 1 rings (SSSR count). The number of carbonyl (C=O) groups is 1. The smallest absolute Gasteiger partial charge is 0.366 e. The van der Waals surface area contributed by atoms with E-state index in [0.29, 0.717) is 0 Å². The zero-order valence-electron chi connectivity index (χ0n) is 8.77. The first-order valence-electron chi connectivity index (χ1n) is 4.55. The maximum atomic E-state index is 11.1. The van der Waals surface area contributed by atoms with Crippen LogP contribution in [-0.2, 0) is 20.9 Å². The normalized spacial score (nSPS) is 14.3. The van der Waals surface area contributed by atoms with Crippen molar-refractivity contribution in [1.82, 2.24) is 0 Å². The van der Waals surface area contributed by atoms with Gasteiger partial charge >= 0.3 is 5.97 Å². The van der Waals surface area contributed by atoms with Gasteiger partial charge < -0.3 is 14.6 Å². The van der Waals surface area contributed by atoms with Crippen molar-refractivity contribution in [2.45, 2.75) is 19.3 Å². The average molecular weight is 210 g/mol. The molecule has 0 aliphatic carbocycles. The first kappa shape index (κ1) is 11.7. The van der Waals surface area contributed by atoms with Gasteiger partial charge in [0.15, 0.2) is 0 Å². The van der Waals surface area contributed by atoms with Crippen molar-refractivity contribution in [2.75, 3.05) is 7.11 Å². The van der Waals surface area contributed by atoms with Gasteiger partial charge in [0.05, 0.1) is 13.7 Å². The van der Waals surface area contributed by atoms with Crippen molar-refractivity contribution < 1.29 is 19.4 Å². The van der Waals surface area contributed by atoms with Gasteiger partial charge in [0.25, 0.3) is 5.79 Å². The zero-order valence-corrected chi connectivity index (χ0v) is 8.77. The van der Waals surface area contributed by atoms with Crippen LogP contribution in [0, 0.1) is 0 Å². The summed E-state index contributed by atoms with van der Waals surface area (Å²) in [5.74, 6) is -2.71. The molecular weight excluding hydrogens is 196 g/mol. The molecule has 0 spiro atoms. The molecule has 4 heteroatoms. The highest BCUT2D eigenvalue weighted by atomic mass is 16.7. The molecule has 0 aliphatic rings. The van der Waals surface area contributed by atoms with E-state index in [1.165, 1.54) is 14.0 Å². The van der Waals surface area contributed by atoms with E-state index in [1.807, 2.05) is 30.3 Å². The van der Waals surface area contributed by atoms with Gasteiger partial charge in [0, 0.05) is 6.92 Å². The Kier molecular flexibility index (Phi) is 3.82. The molecule has 0 bridgehead atoms. The Morgan fingerprint density at radius 3 is 2.53 bits per heavy atom. The predicted molar refractivity (Wildman–Crippen MR) is 53.9 cm³/mol. The second-order valence-electron chi connectivity index (χ2n) is 3.25. The summed E-state index contributed by atoms with van der Waals surface area (Å²) >= 11 is 0. The van der Waals surface area contributed by atoms with Crippen LogP contribution in [0.5, 0.6) is 0 Å². The summed E-state index contributed by atoms with van der Waals surface area (Å²) in [5, 5.41) is 9.55. The summed E-state index contributed by atoms with van der Waals surface area (Å²) in [4.78, 5) is 11.1. The molecule has 1 atom stereocenters. The summed E-state index contributed by atoms with van der Waals surface area (Å²) in [5.41, 5.74) is 0.877. The first-order chi connectivity index (χ1) is 7.06. The molecule has 0 fully saturated rings. The maximum Gasteiger partial charge on any atom is 0.366 e. The Hall–Kier alpha value is -1.39. The molecular formula is C11H14O4. The maximum absolute atomic E-state index is 11.1. The summed E-state index contributed by atoms with van der Waals surface area (Å²) in [6.07, 6.45) is 0. The van der Waals surface area contributed by atoms with Gasteiger partial charge in [-0.3, -0.25) is 0 Å². The molecule has 1 N–H and O–H groups in total. The molecule has 1 aromatic carbocycles. The Labute approximate surface area is 88.4 Å². The lowest BCUT2D eigenvalue weighted by atomic mass is 10.2. The van der Waals surface area contributed by atoms with Gasteiger partial charge in [-0.2, -0.15) is 0 Å². The largest absolute Gasteiger partial charge is 0.465 e. The fourth-order valence-corrected chi connectivity index (χ4v) is 1.05. The molecule has 0 aromatic heterocycles. The standard InChI is InChI=1S/C11H14O4/c1-11(13,10(12)14-2)15-8-9-6-4-3-5-7-9/h3-7,13H,8H2,1-2H3/t11-/m0/s1. The average Bonchev–Trinajstić information content (AvgIpc) is 2.27. The Morgan fingerprint density at radius 2 is 2.00 bits per heavy atom. The van der Waals surface area contributed by atoms with Crippen LogP contribution >= 0.6 is 0 Å². The third-order valence-corrected chi connectivity index (χ3v) is 1.93.